The van der Waals surface area contributed by atoms with Crippen LogP contribution in [0.1, 0.15) is 20.8 Å². The highest BCUT2D eigenvalue weighted by atomic mass is 16.3. The zero-order valence-electron chi connectivity index (χ0n) is 9.29. The first kappa shape index (κ1) is 13.5. The van der Waals surface area contributed by atoms with E-state index in [4.69, 9.17) is 10.4 Å². The molecule has 0 saturated heterocycles. The quantitative estimate of drug-likeness (QED) is 0.344. The maximum absolute atomic E-state index is 11.5. The Morgan fingerprint density at radius 1 is 1.53 bits per heavy atom. The van der Waals surface area contributed by atoms with Crippen LogP contribution in [0.15, 0.2) is 11.8 Å². The topological polar surface area (TPSA) is 85.2 Å². The summed E-state index contributed by atoms with van der Waals surface area (Å²) in [7, 11) is 0. The second kappa shape index (κ2) is 6.04. The van der Waals surface area contributed by atoms with Crippen LogP contribution in [0.2, 0.25) is 0 Å². The minimum atomic E-state index is -0.421. The fourth-order valence-electron chi connectivity index (χ4n) is 0.795. The molecule has 15 heavy (non-hydrogen) atoms. The molecule has 0 rings (SSSR count). The first-order chi connectivity index (χ1) is 6.90. The lowest BCUT2D eigenvalue weighted by Gasteiger charge is -2.19. The van der Waals surface area contributed by atoms with Gasteiger partial charge in [0.05, 0.1) is 6.61 Å². The molecule has 0 fully saturated rings. The number of rotatable bonds is 4. The second-order valence-corrected chi connectivity index (χ2v) is 4.05. The van der Waals surface area contributed by atoms with Gasteiger partial charge in [-0.25, -0.2) is 0 Å². The van der Waals surface area contributed by atoms with Crippen LogP contribution in [-0.4, -0.2) is 29.7 Å². The summed E-state index contributed by atoms with van der Waals surface area (Å²) in [6.45, 7) is 5.77. The van der Waals surface area contributed by atoms with Gasteiger partial charge in [-0.2, -0.15) is 5.26 Å². The van der Waals surface area contributed by atoms with E-state index in [0.717, 1.165) is 0 Å². The van der Waals surface area contributed by atoms with Crippen LogP contribution < -0.4 is 10.6 Å². The van der Waals surface area contributed by atoms with Crippen LogP contribution in [0, 0.1) is 11.3 Å². The molecule has 0 aromatic carbocycles. The molecular weight excluding hydrogens is 194 g/mol. The molecule has 3 N–H and O–H groups in total. The van der Waals surface area contributed by atoms with Crippen molar-refractivity contribution < 1.29 is 9.90 Å². The third-order valence-electron chi connectivity index (χ3n) is 1.36. The van der Waals surface area contributed by atoms with Crippen LogP contribution in [0.5, 0.6) is 0 Å². The van der Waals surface area contributed by atoms with Gasteiger partial charge < -0.3 is 15.7 Å². The van der Waals surface area contributed by atoms with Crippen LogP contribution in [0.4, 0.5) is 0 Å². The number of carbonyl (C=O) groups excluding carboxylic acids is 1. The highest BCUT2D eigenvalue weighted by molar-refractivity contribution is 5.97. The Kier molecular flexibility index (Phi) is 5.42. The minimum Gasteiger partial charge on any atom is -0.395 e. The SMILES string of the molecule is CC(C)(C)NC(=O)/C(C#N)=C\NCCO. The molecule has 5 heteroatoms. The van der Waals surface area contributed by atoms with Crippen molar-refractivity contribution in [2.24, 2.45) is 0 Å². The summed E-state index contributed by atoms with van der Waals surface area (Å²) in [6, 6.07) is 1.79. The first-order valence-electron chi connectivity index (χ1n) is 4.67. The molecule has 1 amide bonds. The number of hydrogen-bond donors (Lipinski definition) is 3. The van der Waals surface area contributed by atoms with Crippen molar-refractivity contribution in [1.29, 1.82) is 5.26 Å². The standard InChI is InChI=1S/C10H17N3O2/c1-10(2,3)13-9(15)8(6-11)7-12-4-5-14/h7,12,14H,4-5H2,1-3H3,(H,13,15)/b8-7-. The maximum atomic E-state index is 11.5. The molecule has 0 saturated carbocycles. The fourth-order valence-corrected chi connectivity index (χ4v) is 0.795. The van der Waals surface area contributed by atoms with Gasteiger partial charge in [-0.15, -0.1) is 0 Å². The Hall–Kier alpha value is -1.54. The largest absolute Gasteiger partial charge is 0.395 e. The van der Waals surface area contributed by atoms with E-state index in [2.05, 4.69) is 10.6 Å². The van der Waals surface area contributed by atoms with E-state index in [9.17, 15) is 4.79 Å². The molecule has 84 valence electrons. The van der Waals surface area contributed by atoms with Gasteiger partial charge in [0.1, 0.15) is 11.6 Å². The minimum absolute atomic E-state index is 0.00150. The van der Waals surface area contributed by atoms with Gasteiger partial charge in [-0.3, -0.25) is 4.79 Å². The average molecular weight is 211 g/mol. The highest BCUT2D eigenvalue weighted by Gasteiger charge is 2.16. The second-order valence-electron chi connectivity index (χ2n) is 4.05. The summed E-state index contributed by atoms with van der Waals surface area (Å²) in [6.07, 6.45) is 1.30. The summed E-state index contributed by atoms with van der Waals surface area (Å²) < 4.78 is 0. The van der Waals surface area contributed by atoms with E-state index in [0.29, 0.717) is 6.54 Å². The van der Waals surface area contributed by atoms with E-state index >= 15 is 0 Å². The number of nitrogens with one attached hydrogen (secondary N) is 2. The fraction of sp³-hybridized carbons (Fsp3) is 0.600. The molecule has 0 radical (unpaired) electrons. The van der Waals surface area contributed by atoms with Crippen LogP contribution in [0.3, 0.4) is 0 Å². The Morgan fingerprint density at radius 2 is 2.13 bits per heavy atom. The zero-order chi connectivity index (χ0) is 11.9. The predicted molar refractivity (Wildman–Crippen MR) is 56.7 cm³/mol. The Morgan fingerprint density at radius 3 is 2.53 bits per heavy atom. The van der Waals surface area contributed by atoms with Crippen LogP contribution in [0.25, 0.3) is 0 Å². The molecule has 0 aliphatic heterocycles. The molecule has 5 nitrogen and oxygen atoms in total. The Balaban J connectivity index is 4.37. The van der Waals surface area contributed by atoms with Crippen molar-refractivity contribution in [3.8, 4) is 6.07 Å². The molecule has 0 atom stereocenters. The third-order valence-corrected chi connectivity index (χ3v) is 1.36. The summed E-state index contributed by atoms with van der Waals surface area (Å²) in [5.41, 5.74) is -0.373. The summed E-state index contributed by atoms with van der Waals surface area (Å²) in [4.78, 5) is 11.5. The van der Waals surface area contributed by atoms with Gasteiger partial charge >= 0.3 is 0 Å². The van der Waals surface area contributed by atoms with Gasteiger partial charge in [-0.1, -0.05) is 0 Å². The molecule has 0 aliphatic carbocycles. The molecular formula is C10H17N3O2. The Labute approximate surface area is 89.8 Å². The van der Waals surface area contributed by atoms with E-state index in [-0.39, 0.29) is 17.7 Å². The predicted octanol–water partition coefficient (Wildman–Crippen LogP) is -0.110. The van der Waals surface area contributed by atoms with E-state index in [1.54, 1.807) is 6.07 Å². The van der Waals surface area contributed by atoms with Crippen molar-refractivity contribution >= 4 is 5.91 Å². The lowest BCUT2D eigenvalue weighted by Crippen LogP contribution is -2.41. The lowest BCUT2D eigenvalue weighted by atomic mass is 10.1. The van der Waals surface area contributed by atoms with Crippen molar-refractivity contribution in [3.05, 3.63) is 11.8 Å². The Bertz CT molecular complexity index is 284. The number of nitriles is 1. The van der Waals surface area contributed by atoms with E-state index in [1.807, 2.05) is 20.8 Å². The van der Waals surface area contributed by atoms with E-state index < -0.39 is 5.91 Å². The molecule has 0 spiro atoms. The third kappa shape index (κ3) is 6.52. The maximum Gasteiger partial charge on any atom is 0.263 e. The lowest BCUT2D eigenvalue weighted by molar-refractivity contribution is -0.118. The number of hydrogen-bond acceptors (Lipinski definition) is 4. The molecule has 0 aromatic heterocycles. The van der Waals surface area contributed by atoms with Crippen LogP contribution in [-0.2, 0) is 4.79 Å². The summed E-state index contributed by atoms with van der Waals surface area (Å²) >= 11 is 0. The van der Waals surface area contributed by atoms with Gasteiger partial charge in [0.2, 0.25) is 0 Å². The van der Waals surface area contributed by atoms with Crippen molar-refractivity contribution in [1.82, 2.24) is 10.6 Å². The average Bonchev–Trinajstić information content (AvgIpc) is 2.09. The van der Waals surface area contributed by atoms with Crippen molar-refractivity contribution in [2.75, 3.05) is 13.2 Å². The first-order valence-corrected chi connectivity index (χ1v) is 4.67. The summed E-state index contributed by atoms with van der Waals surface area (Å²) in [5.74, 6) is -0.421. The summed E-state index contributed by atoms with van der Waals surface area (Å²) in [5, 5.41) is 22.5. The number of aliphatic hydroxyl groups excluding tert-OH is 1. The van der Waals surface area contributed by atoms with Gasteiger partial charge in [0, 0.05) is 18.3 Å². The molecule has 0 aromatic rings. The highest BCUT2D eigenvalue weighted by Crippen LogP contribution is 2.01. The van der Waals surface area contributed by atoms with Gasteiger partial charge in [0.25, 0.3) is 5.91 Å². The molecule has 0 heterocycles. The normalized spacial score (nSPS) is 11.8. The van der Waals surface area contributed by atoms with Crippen molar-refractivity contribution in [2.45, 2.75) is 26.3 Å². The smallest absolute Gasteiger partial charge is 0.263 e. The number of amides is 1. The number of carbonyl (C=O) groups is 1. The number of nitrogens with zero attached hydrogens (tertiary/aromatic N) is 1. The zero-order valence-corrected chi connectivity index (χ0v) is 9.29. The van der Waals surface area contributed by atoms with Crippen molar-refractivity contribution in [3.63, 3.8) is 0 Å². The van der Waals surface area contributed by atoms with Gasteiger partial charge in [0.15, 0.2) is 0 Å². The molecule has 0 bridgehead atoms. The van der Waals surface area contributed by atoms with Gasteiger partial charge in [-0.05, 0) is 20.8 Å². The molecule has 0 aliphatic rings. The van der Waals surface area contributed by atoms with E-state index in [1.165, 1.54) is 6.20 Å². The monoisotopic (exact) mass is 211 g/mol. The molecule has 0 unspecified atom stereocenters. The van der Waals surface area contributed by atoms with Crippen LogP contribution >= 0.6 is 0 Å². The number of aliphatic hydroxyl groups is 1.